The zero-order valence-corrected chi connectivity index (χ0v) is 15.4. The summed E-state index contributed by atoms with van der Waals surface area (Å²) in [6, 6.07) is 7.76. The van der Waals surface area contributed by atoms with Crippen molar-refractivity contribution < 1.29 is 9.53 Å². The lowest BCUT2D eigenvalue weighted by Crippen LogP contribution is -2.39. The van der Waals surface area contributed by atoms with Crippen LogP contribution in [0.3, 0.4) is 0 Å². The van der Waals surface area contributed by atoms with Crippen LogP contribution in [0.15, 0.2) is 28.7 Å². The number of carbonyl (C=O) groups excluding carboxylic acids is 1. The topological polar surface area (TPSA) is 55.6 Å². The number of benzene rings is 1. The number of carbonyl (C=O) groups is 1. The minimum atomic E-state index is -0.0326. The van der Waals surface area contributed by atoms with Crippen molar-refractivity contribution in [3.8, 4) is 5.75 Å². The molecule has 0 fully saturated rings. The average Bonchev–Trinajstić information content (AvgIpc) is 2.48. The van der Waals surface area contributed by atoms with Crippen LogP contribution in [0.2, 0.25) is 0 Å². The van der Waals surface area contributed by atoms with E-state index in [0.717, 1.165) is 23.1 Å². The van der Waals surface area contributed by atoms with E-state index >= 15 is 0 Å². The number of hydrogen-bond donors (Lipinski definition) is 1. The highest BCUT2D eigenvalue weighted by Gasteiger charge is 2.20. The maximum Gasteiger partial charge on any atom is 0.222 e. The Morgan fingerprint density at radius 3 is 2.50 bits per heavy atom. The standard InChI is InChI=1S/C17H27BrN2O2/c1-17(2,12-19)13-20(3)16(21)6-4-5-11-22-15-9-7-14(18)8-10-15/h7-10H,4-6,11-13,19H2,1-3H3. The molecule has 4 nitrogen and oxygen atoms in total. The molecule has 22 heavy (non-hydrogen) atoms. The molecule has 0 unspecified atom stereocenters. The van der Waals surface area contributed by atoms with Gasteiger partial charge in [0.1, 0.15) is 5.75 Å². The van der Waals surface area contributed by atoms with Crippen LogP contribution in [-0.2, 0) is 4.79 Å². The minimum Gasteiger partial charge on any atom is -0.494 e. The van der Waals surface area contributed by atoms with Crippen LogP contribution in [0.25, 0.3) is 0 Å². The highest BCUT2D eigenvalue weighted by Crippen LogP contribution is 2.17. The predicted octanol–water partition coefficient (Wildman–Crippen LogP) is 3.44. The summed E-state index contributed by atoms with van der Waals surface area (Å²) in [5.74, 6) is 1.03. The Bertz CT molecular complexity index is 460. The Balaban J connectivity index is 2.18. The van der Waals surface area contributed by atoms with Crippen molar-refractivity contribution in [3.63, 3.8) is 0 Å². The number of rotatable bonds is 9. The van der Waals surface area contributed by atoms with E-state index < -0.39 is 0 Å². The van der Waals surface area contributed by atoms with Crippen molar-refractivity contribution in [1.82, 2.24) is 4.90 Å². The molecule has 0 atom stereocenters. The van der Waals surface area contributed by atoms with Crippen LogP contribution in [-0.4, -0.2) is 37.6 Å². The van der Waals surface area contributed by atoms with Gasteiger partial charge < -0.3 is 15.4 Å². The number of halogens is 1. The van der Waals surface area contributed by atoms with Crippen molar-refractivity contribution in [2.45, 2.75) is 33.1 Å². The second kappa shape index (κ2) is 9.16. The number of nitrogens with zero attached hydrogens (tertiary/aromatic N) is 1. The number of amides is 1. The molecule has 1 aromatic rings. The lowest BCUT2D eigenvalue weighted by molar-refractivity contribution is -0.131. The summed E-state index contributed by atoms with van der Waals surface area (Å²) in [4.78, 5) is 13.8. The van der Waals surface area contributed by atoms with E-state index in [4.69, 9.17) is 10.5 Å². The predicted molar refractivity (Wildman–Crippen MR) is 94.0 cm³/mol. The van der Waals surface area contributed by atoms with E-state index in [0.29, 0.717) is 26.1 Å². The molecule has 124 valence electrons. The van der Waals surface area contributed by atoms with Crippen molar-refractivity contribution in [2.75, 3.05) is 26.7 Å². The molecule has 1 amide bonds. The molecule has 0 aliphatic carbocycles. The molecule has 0 spiro atoms. The van der Waals surface area contributed by atoms with E-state index in [1.54, 1.807) is 4.90 Å². The van der Waals surface area contributed by atoms with E-state index in [1.165, 1.54) is 0 Å². The van der Waals surface area contributed by atoms with Crippen molar-refractivity contribution in [1.29, 1.82) is 0 Å². The molecule has 0 radical (unpaired) electrons. The quantitative estimate of drug-likeness (QED) is 0.677. The lowest BCUT2D eigenvalue weighted by atomic mass is 9.93. The fourth-order valence-corrected chi connectivity index (χ4v) is 2.35. The molecule has 0 aromatic heterocycles. The van der Waals surface area contributed by atoms with E-state index in [-0.39, 0.29) is 11.3 Å². The van der Waals surface area contributed by atoms with Gasteiger partial charge in [0.05, 0.1) is 6.61 Å². The van der Waals surface area contributed by atoms with Crippen molar-refractivity contribution >= 4 is 21.8 Å². The lowest BCUT2D eigenvalue weighted by Gasteiger charge is -2.29. The molecule has 1 rings (SSSR count). The van der Waals surface area contributed by atoms with Gasteiger partial charge in [-0.3, -0.25) is 4.79 Å². The Labute approximate surface area is 142 Å². The second-order valence-electron chi connectivity index (χ2n) is 6.38. The van der Waals surface area contributed by atoms with Gasteiger partial charge in [-0.1, -0.05) is 29.8 Å². The fraction of sp³-hybridized carbons (Fsp3) is 0.588. The fourth-order valence-electron chi connectivity index (χ4n) is 2.08. The van der Waals surface area contributed by atoms with Gasteiger partial charge in [-0.05, 0) is 49.1 Å². The molecular formula is C17H27BrN2O2. The van der Waals surface area contributed by atoms with Gasteiger partial charge in [-0.2, -0.15) is 0 Å². The highest BCUT2D eigenvalue weighted by atomic mass is 79.9. The first-order valence-electron chi connectivity index (χ1n) is 7.66. The SMILES string of the molecule is CN(CC(C)(C)CN)C(=O)CCCCOc1ccc(Br)cc1. The molecule has 0 bridgehead atoms. The van der Waals surface area contributed by atoms with Gasteiger partial charge >= 0.3 is 0 Å². The van der Waals surface area contributed by atoms with Crippen molar-refractivity contribution in [3.05, 3.63) is 28.7 Å². The van der Waals surface area contributed by atoms with Gasteiger partial charge in [-0.15, -0.1) is 0 Å². The molecule has 0 saturated carbocycles. The zero-order chi connectivity index (χ0) is 16.6. The van der Waals surface area contributed by atoms with Gasteiger partial charge in [0, 0.05) is 24.5 Å². The third-order valence-electron chi connectivity index (χ3n) is 3.51. The van der Waals surface area contributed by atoms with Crippen LogP contribution in [0.5, 0.6) is 5.75 Å². The Morgan fingerprint density at radius 1 is 1.27 bits per heavy atom. The summed E-state index contributed by atoms with van der Waals surface area (Å²) >= 11 is 3.39. The summed E-state index contributed by atoms with van der Waals surface area (Å²) in [6.07, 6.45) is 2.26. The molecule has 2 N–H and O–H groups in total. The van der Waals surface area contributed by atoms with E-state index in [1.807, 2.05) is 31.3 Å². The van der Waals surface area contributed by atoms with Gasteiger partial charge in [0.2, 0.25) is 5.91 Å². The molecule has 0 aliphatic rings. The van der Waals surface area contributed by atoms with Gasteiger partial charge in [-0.25, -0.2) is 0 Å². The summed E-state index contributed by atoms with van der Waals surface area (Å²) < 4.78 is 6.68. The van der Waals surface area contributed by atoms with Crippen LogP contribution in [0, 0.1) is 5.41 Å². The molecule has 5 heteroatoms. The minimum absolute atomic E-state index is 0.0326. The first-order valence-corrected chi connectivity index (χ1v) is 8.46. The van der Waals surface area contributed by atoms with Gasteiger partial charge in [0.15, 0.2) is 0 Å². The molecule has 0 heterocycles. The summed E-state index contributed by atoms with van der Waals surface area (Å²) in [5.41, 5.74) is 5.67. The number of nitrogens with two attached hydrogens (primary N) is 1. The van der Waals surface area contributed by atoms with Crippen LogP contribution >= 0.6 is 15.9 Å². The molecule has 0 aliphatic heterocycles. The molecular weight excluding hydrogens is 344 g/mol. The maximum absolute atomic E-state index is 12.0. The summed E-state index contributed by atoms with van der Waals surface area (Å²) in [5, 5.41) is 0. The average molecular weight is 371 g/mol. The molecule has 0 saturated heterocycles. The first-order chi connectivity index (χ1) is 10.3. The third kappa shape index (κ3) is 7.27. The monoisotopic (exact) mass is 370 g/mol. The summed E-state index contributed by atoms with van der Waals surface area (Å²) in [7, 11) is 1.85. The first kappa shape index (κ1) is 19.0. The number of unbranched alkanes of at least 4 members (excludes halogenated alkanes) is 1. The highest BCUT2D eigenvalue weighted by molar-refractivity contribution is 9.10. The second-order valence-corrected chi connectivity index (χ2v) is 7.29. The zero-order valence-electron chi connectivity index (χ0n) is 13.8. The van der Waals surface area contributed by atoms with E-state index in [2.05, 4.69) is 29.8 Å². The Kier molecular flexibility index (Phi) is 7.90. The van der Waals surface area contributed by atoms with Crippen LogP contribution < -0.4 is 10.5 Å². The smallest absolute Gasteiger partial charge is 0.222 e. The van der Waals surface area contributed by atoms with Crippen LogP contribution in [0.1, 0.15) is 33.1 Å². The summed E-state index contributed by atoms with van der Waals surface area (Å²) in [6.45, 7) is 6.04. The van der Waals surface area contributed by atoms with Crippen molar-refractivity contribution in [2.24, 2.45) is 11.1 Å². The Morgan fingerprint density at radius 2 is 1.91 bits per heavy atom. The molecule has 1 aromatic carbocycles. The Hall–Kier alpha value is -1.07. The third-order valence-corrected chi connectivity index (χ3v) is 4.04. The van der Waals surface area contributed by atoms with Gasteiger partial charge in [0.25, 0.3) is 0 Å². The largest absolute Gasteiger partial charge is 0.494 e. The number of hydrogen-bond acceptors (Lipinski definition) is 3. The maximum atomic E-state index is 12.0. The van der Waals surface area contributed by atoms with Crippen LogP contribution in [0.4, 0.5) is 0 Å². The number of ether oxygens (including phenoxy) is 1. The van der Waals surface area contributed by atoms with E-state index in [9.17, 15) is 4.79 Å². The normalized spacial score (nSPS) is 11.3.